The number of nitrogens with zero attached hydrogens (tertiary/aromatic N) is 2. The number of hydrogen-bond donors (Lipinski definition) is 2. The van der Waals surface area contributed by atoms with E-state index in [9.17, 15) is 9.59 Å². The molecule has 0 aliphatic carbocycles. The zero-order valence-corrected chi connectivity index (χ0v) is 13.4. The molecule has 118 valence electrons. The third-order valence-electron chi connectivity index (χ3n) is 3.55. The van der Waals surface area contributed by atoms with Crippen molar-refractivity contribution in [2.45, 2.75) is 26.2 Å². The third kappa shape index (κ3) is 3.62. The maximum absolute atomic E-state index is 12.1. The summed E-state index contributed by atoms with van der Waals surface area (Å²) in [6, 6.07) is 8.21. The van der Waals surface area contributed by atoms with Gasteiger partial charge in [-0.3, -0.25) is 14.9 Å². The van der Waals surface area contributed by atoms with Gasteiger partial charge in [0.15, 0.2) is 5.13 Å². The number of aryl methyl sites for hydroxylation is 1. The predicted molar refractivity (Wildman–Crippen MR) is 90.4 cm³/mol. The molecule has 7 heteroatoms. The number of aromatic nitrogens is 1. The molecule has 1 aliphatic heterocycles. The smallest absolute Gasteiger partial charge is 0.273 e. The Kier molecular flexibility index (Phi) is 4.47. The molecule has 2 aromatic rings. The molecule has 1 aromatic carbocycles. The van der Waals surface area contributed by atoms with Crippen LogP contribution in [0.25, 0.3) is 11.3 Å². The van der Waals surface area contributed by atoms with Crippen LogP contribution in [-0.2, 0) is 16.0 Å². The summed E-state index contributed by atoms with van der Waals surface area (Å²) in [4.78, 5) is 27.5. The quantitative estimate of drug-likeness (QED) is 0.905. The van der Waals surface area contributed by atoms with Crippen LogP contribution in [0.4, 0.5) is 5.13 Å². The van der Waals surface area contributed by atoms with Gasteiger partial charge in [0, 0.05) is 23.8 Å². The maximum Gasteiger partial charge on any atom is 0.273 e. The molecule has 0 radical (unpaired) electrons. The Hall–Kier alpha value is -2.54. The van der Waals surface area contributed by atoms with Crippen LogP contribution < -0.4 is 10.7 Å². The molecule has 0 bridgehead atoms. The number of thiazole rings is 1. The fraction of sp³-hybridized carbons (Fsp3) is 0.250. The van der Waals surface area contributed by atoms with Crippen molar-refractivity contribution in [3.63, 3.8) is 0 Å². The second kappa shape index (κ2) is 6.70. The van der Waals surface area contributed by atoms with Gasteiger partial charge in [-0.1, -0.05) is 31.2 Å². The number of carbonyl (C=O) groups excluding carboxylic acids is 2. The minimum atomic E-state index is -0.327. The first-order valence-electron chi connectivity index (χ1n) is 7.37. The number of anilines is 1. The molecular weight excluding hydrogens is 312 g/mol. The van der Waals surface area contributed by atoms with Gasteiger partial charge in [0.1, 0.15) is 5.71 Å². The van der Waals surface area contributed by atoms with Crippen molar-refractivity contribution in [2.75, 3.05) is 5.32 Å². The van der Waals surface area contributed by atoms with E-state index in [2.05, 4.69) is 39.9 Å². The highest BCUT2D eigenvalue weighted by atomic mass is 32.1. The Morgan fingerprint density at radius 1 is 1.30 bits per heavy atom. The van der Waals surface area contributed by atoms with Crippen LogP contribution in [0, 0.1) is 0 Å². The van der Waals surface area contributed by atoms with Crippen LogP contribution >= 0.6 is 11.3 Å². The van der Waals surface area contributed by atoms with Crippen LogP contribution in [0.3, 0.4) is 0 Å². The van der Waals surface area contributed by atoms with Crippen LogP contribution in [0.5, 0.6) is 0 Å². The van der Waals surface area contributed by atoms with Crippen molar-refractivity contribution in [3.8, 4) is 11.3 Å². The van der Waals surface area contributed by atoms with E-state index in [1.807, 2.05) is 17.5 Å². The fourth-order valence-electron chi connectivity index (χ4n) is 2.18. The van der Waals surface area contributed by atoms with Crippen molar-refractivity contribution >= 4 is 34.0 Å². The van der Waals surface area contributed by atoms with E-state index >= 15 is 0 Å². The average molecular weight is 328 g/mol. The van der Waals surface area contributed by atoms with Crippen LogP contribution in [0.1, 0.15) is 25.3 Å². The molecule has 2 heterocycles. The second-order valence-electron chi connectivity index (χ2n) is 5.14. The zero-order valence-electron chi connectivity index (χ0n) is 12.6. The van der Waals surface area contributed by atoms with E-state index < -0.39 is 0 Å². The Labute approximate surface area is 137 Å². The minimum Gasteiger partial charge on any atom is -0.297 e. The minimum absolute atomic E-state index is 0.173. The molecule has 6 nitrogen and oxygen atoms in total. The topological polar surface area (TPSA) is 83.5 Å². The summed E-state index contributed by atoms with van der Waals surface area (Å²) in [5, 5.41) is 8.92. The largest absolute Gasteiger partial charge is 0.297 e. The van der Waals surface area contributed by atoms with Crippen LogP contribution in [0.2, 0.25) is 0 Å². The SMILES string of the molecule is CCc1ccc(-c2csc(NC(=O)C3=NNC(=O)CC3)n2)cc1. The van der Waals surface area contributed by atoms with Crippen molar-refractivity contribution in [3.05, 3.63) is 35.2 Å². The summed E-state index contributed by atoms with van der Waals surface area (Å²) >= 11 is 1.36. The normalized spacial score (nSPS) is 14.1. The fourth-order valence-corrected chi connectivity index (χ4v) is 2.90. The van der Waals surface area contributed by atoms with E-state index in [-0.39, 0.29) is 18.2 Å². The first-order chi connectivity index (χ1) is 11.2. The third-order valence-corrected chi connectivity index (χ3v) is 4.31. The highest BCUT2D eigenvalue weighted by molar-refractivity contribution is 7.14. The Balaban J connectivity index is 1.69. The molecule has 23 heavy (non-hydrogen) atoms. The van der Waals surface area contributed by atoms with Gasteiger partial charge < -0.3 is 0 Å². The molecule has 0 atom stereocenters. The number of carbonyl (C=O) groups is 2. The first-order valence-corrected chi connectivity index (χ1v) is 8.25. The molecule has 0 spiro atoms. The molecule has 1 aromatic heterocycles. The average Bonchev–Trinajstić information content (AvgIpc) is 3.04. The highest BCUT2D eigenvalue weighted by Gasteiger charge is 2.19. The molecule has 3 rings (SSSR count). The van der Waals surface area contributed by atoms with Crippen molar-refractivity contribution in [1.29, 1.82) is 0 Å². The van der Waals surface area contributed by atoms with E-state index in [0.717, 1.165) is 17.7 Å². The Morgan fingerprint density at radius 2 is 2.09 bits per heavy atom. The lowest BCUT2D eigenvalue weighted by molar-refractivity contribution is -0.121. The van der Waals surface area contributed by atoms with E-state index in [1.165, 1.54) is 16.9 Å². The molecule has 0 fully saturated rings. The predicted octanol–water partition coefficient (Wildman–Crippen LogP) is 2.58. The molecule has 1 aliphatic rings. The monoisotopic (exact) mass is 328 g/mol. The van der Waals surface area contributed by atoms with E-state index in [4.69, 9.17) is 0 Å². The lowest BCUT2D eigenvalue weighted by Gasteiger charge is -2.10. The summed E-state index contributed by atoms with van der Waals surface area (Å²) in [6.07, 6.45) is 1.62. The van der Waals surface area contributed by atoms with Gasteiger partial charge in [-0.25, -0.2) is 10.4 Å². The van der Waals surface area contributed by atoms with E-state index in [1.54, 1.807) is 0 Å². The number of nitrogens with one attached hydrogen (secondary N) is 2. The summed E-state index contributed by atoms with van der Waals surface area (Å²) in [5.41, 5.74) is 5.74. The van der Waals surface area contributed by atoms with Crippen molar-refractivity contribution in [1.82, 2.24) is 10.4 Å². The van der Waals surface area contributed by atoms with Gasteiger partial charge in [0.2, 0.25) is 5.91 Å². The standard InChI is InChI=1S/C16H16N4O2S/c1-2-10-3-5-11(6-4-10)13-9-23-16(17-13)18-15(22)12-7-8-14(21)20-19-12/h3-6,9H,2,7-8H2,1H3,(H,20,21)(H,17,18,22). The number of amides is 2. The molecule has 2 N–H and O–H groups in total. The highest BCUT2D eigenvalue weighted by Crippen LogP contribution is 2.25. The maximum atomic E-state index is 12.1. The number of benzene rings is 1. The summed E-state index contributed by atoms with van der Waals surface area (Å²) in [7, 11) is 0. The van der Waals surface area contributed by atoms with Gasteiger partial charge in [0.05, 0.1) is 5.69 Å². The van der Waals surface area contributed by atoms with Crippen LogP contribution in [0.15, 0.2) is 34.7 Å². The summed E-state index contributed by atoms with van der Waals surface area (Å²) in [6.45, 7) is 2.11. The van der Waals surface area contributed by atoms with Gasteiger partial charge in [-0.05, 0) is 12.0 Å². The van der Waals surface area contributed by atoms with Gasteiger partial charge in [-0.2, -0.15) is 5.10 Å². The molecule has 0 saturated heterocycles. The zero-order chi connectivity index (χ0) is 16.2. The molecule has 2 amide bonds. The lowest BCUT2D eigenvalue weighted by atomic mass is 10.1. The van der Waals surface area contributed by atoms with Gasteiger partial charge in [-0.15, -0.1) is 11.3 Å². The lowest BCUT2D eigenvalue weighted by Crippen LogP contribution is -2.32. The first kappa shape index (κ1) is 15.4. The second-order valence-corrected chi connectivity index (χ2v) is 5.99. The Bertz CT molecular complexity index is 765. The Morgan fingerprint density at radius 3 is 2.74 bits per heavy atom. The molecular formula is C16H16N4O2S. The number of hydrogen-bond acceptors (Lipinski definition) is 5. The van der Waals surface area contributed by atoms with Crippen molar-refractivity contribution in [2.24, 2.45) is 5.10 Å². The summed E-state index contributed by atoms with van der Waals surface area (Å²) < 4.78 is 0. The van der Waals surface area contributed by atoms with E-state index in [0.29, 0.717) is 17.3 Å². The summed E-state index contributed by atoms with van der Waals surface area (Å²) in [5.74, 6) is -0.499. The van der Waals surface area contributed by atoms with Crippen LogP contribution in [-0.4, -0.2) is 22.5 Å². The molecule has 0 unspecified atom stereocenters. The number of hydrazone groups is 1. The molecule has 0 saturated carbocycles. The van der Waals surface area contributed by atoms with Crippen molar-refractivity contribution < 1.29 is 9.59 Å². The van der Waals surface area contributed by atoms with Gasteiger partial charge >= 0.3 is 0 Å². The number of rotatable bonds is 4. The van der Waals surface area contributed by atoms with Gasteiger partial charge in [0.25, 0.3) is 5.91 Å².